The van der Waals surface area contributed by atoms with Gasteiger partial charge >= 0.3 is 6.18 Å². The summed E-state index contributed by atoms with van der Waals surface area (Å²) in [5.74, 6) is -0.849. The first-order valence-electron chi connectivity index (χ1n) is 5.80. The molecule has 0 bridgehead atoms. The van der Waals surface area contributed by atoms with E-state index in [9.17, 15) is 22.4 Å². The summed E-state index contributed by atoms with van der Waals surface area (Å²) in [6.45, 7) is -1.69. The van der Waals surface area contributed by atoms with Gasteiger partial charge in [0.05, 0.1) is 13.7 Å². The topological polar surface area (TPSA) is 35.5 Å². The molecule has 20 heavy (non-hydrogen) atoms. The van der Waals surface area contributed by atoms with Crippen LogP contribution in [0.5, 0.6) is 5.75 Å². The number of carbonyl (C=O) groups is 1. The van der Waals surface area contributed by atoms with E-state index in [1.165, 1.54) is 19.2 Å². The van der Waals surface area contributed by atoms with Gasteiger partial charge in [0.2, 0.25) is 0 Å². The minimum atomic E-state index is -4.40. The minimum absolute atomic E-state index is 0.0592. The van der Waals surface area contributed by atoms with E-state index < -0.39 is 18.6 Å². The van der Waals surface area contributed by atoms with Crippen molar-refractivity contribution >= 4 is 5.78 Å². The van der Waals surface area contributed by atoms with Gasteiger partial charge in [-0.1, -0.05) is 6.07 Å². The fourth-order valence-corrected chi connectivity index (χ4v) is 1.51. The van der Waals surface area contributed by atoms with Crippen molar-refractivity contribution in [2.24, 2.45) is 0 Å². The second-order valence-corrected chi connectivity index (χ2v) is 4.10. The van der Waals surface area contributed by atoms with Crippen molar-refractivity contribution in [3.8, 4) is 5.75 Å². The lowest BCUT2D eigenvalue weighted by molar-refractivity contribution is -0.174. The third-order valence-corrected chi connectivity index (χ3v) is 2.41. The number of alkyl halides is 3. The molecule has 0 amide bonds. The number of halogens is 4. The number of benzene rings is 1. The maximum absolute atomic E-state index is 13.4. The summed E-state index contributed by atoms with van der Waals surface area (Å²) in [5, 5.41) is 0. The van der Waals surface area contributed by atoms with Crippen molar-refractivity contribution in [3.05, 3.63) is 29.6 Å². The minimum Gasteiger partial charge on any atom is -0.494 e. The Morgan fingerprint density at radius 1 is 1.30 bits per heavy atom. The lowest BCUT2D eigenvalue weighted by Crippen LogP contribution is -2.18. The maximum atomic E-state index is 13.4. The summed E-state index contributed by atoms with van der Waals surface area (Å²) in [6.07, 6.45) is -4.61. The number of hydrogen-bond acceptors (Lipinski definition) is 3. The standard InChI is InChI=1S/C13H14F4O3/c1-19-12-3-2-9(7-11(12)14)6-10(18)4-5-20-8-13(15,16)17/h2-3,7H,4-6,8H2,1H3. The van der Waals surface area contributed by atoms with Gasteiger partial charge in [-0.3, -0.25) is 4.79 Å². The molecule has 1 aromatic rings. The van der Waals surface area contributed by atoms with Gasteiger partial charge < -0.3 is 9.47 Å². The number of ether oxygens (including phenoxy) is 2. The van der Waals surface area contributed by atoms with Gasteiger partial charge in [0.25, 0.3) is 0 Å². The zero-order valence-corrected chi connectivity index (χ0v) is 10.8. The molecule has 0 atom stereocenters. The quantitative estimate of drug-likeness (QED) is 0.573. The molecule has 0 spiro atoms. The van der Waals surface area contributed by atoms with Crippen LogP contribution in [-0.4, -0.2) is 32.3 Å². The van der Waals surface area contributed by atoms with Crippen LogP contribution in [0.4, 0.5) is 17.6 Å². The van der Waals surface area contributed by atoms with Crippen LogP contribution < -0.4 is 4.74 Å². The molecule has 0 aliphatic rings. The Morgan fingerprint density at radius 3 is 2.55 bits per heavy atom. The van der Waals surface area contributed by atoms with E-state index in [2.05, 4.69) is 4.74 Å². The normalized spacial score (nSPS) is 11.4. The largest absolute Gasteiger partial charge is 0.494 e. The highest BCUT2D eigenvalue weighted by molar-refractivity contribution is 5.80. The zero-order valence-electron chi connectivity index (χ0n) is 10.8. The summed E-state index contributed by atoms with van der Waals surface area (Å²) in [5.41, 5.74) is 0.434. The van der Waals surface area contributed by atoms with Crippen molar-refractivity contribution in [1.82, 2.24) is 0 Å². The Balaban J connectivity index is 2.37. The molecule has 0 fully saturated rings. The second kappa shape index (κ2) is 7.23. The van der Waals surface area contributed by atoms with E-state index in [-0.39, 0.29) is 31.0 Å². The Bertz CT molecular complexity index is 457. The van der Waals surface area contributed by atoms with Gasteiger partial charge in [-0.2, -0.15) is 13.2 Å². The number of rotatable bonds is 7. The molecule has 112 valence electrons. The van der Waals surface area contributed by atoms with Crippen molar-refractivity contribution in [2.75, 3.05) is 20.3 Å². The van der Waals surface area contributed by atoms with Gasteiger partial charge in [-0.05, 0) is 17.7 Å². The van der Waals surface area contributed by atoms with Gasteiger partial charge in [0.1, 0.15) is 12.4 Å². The van der Waals surface area contributed by atoms with Gasteiger partial charge in [0.15, 0.2) is 11.6 Å². The molecular formula is C13H14F4O3. The highest BCUT2D eigenvalue weighted by Gasteiger charge is 2.27. The average molecular weight is 294 g/mol. The fraction of sp³-hybridized carbons (Fsp3) is 0.462. The molecule has 0 aliphatic heterocycles. The van der Waals surface area contributed by atoms with Crippen molar-refractivity contribution in [3.63, 3.8) is 0 Å². The lowest BCUT2D eigenvalue weighted by atomic mass is 10.1. The molecule has 7 heteroatoms. The summed E-state index contributed by atoms with van der Waals surface area (Å²) < 4.78 is 57.7. The summed E-state index contributed by atoms with van der Waals surface area (Å²) in [4.78, 5) is 11.5. The molecule has 1 aromatic carbocycles. The molecule has 0 unspecified atom stereocenters. The molecule has 3 nitrogen and oxygen atoms in total. The van der Waals surface area contributed by atoms with E-state index in [4.69, 9.17) is 4.74 Å². The molecule has 0 heterocycles. The zero-order chi connectivity index (χ0) is 15.2. The van der Waals surface area contributed by atoms with Crippen LogP contribution in [0.1, 0.15) is 12.0 Å². The van der Waals surface area contributed by atoms with Crippen LogP contribution in [-0.2, 0) is 16.0 Å². The fourth-order valence-electron chi connectivity index (χ4n) is 1.51. The third-order valence-electron chi connectivity index (χ3n) is 2.41. The first-order chi connectivity index (χ1) is 9.31. The number of Topliss-reactive ketones (excluding diaryl/α,β-unsaturated/α-hetero) is 1. The second-order valence-electron chi connectivity index (χ2n) is 4.10. The SMILES string of the molecule is COc1ccc(CC(=O)CCOCC(F)(F)F)cc1F. The summed E-state index contributed by atoms with van der Waals surface area (Å²) >= 11 is 0. The van der Waals surface area contributed by atoms with Gasteiger partial charge in [-0.15, -0.1) is 0 Å². The monoisotopic (exact) mass is 294 g/mol. The molecule has 0 N–H and O–H groups in total. The molecule has 0 saturated heterocycles. The Labute approximate surface area is 113 Å². The van der Waals surface area contributed by atoms with E-state index in [1.54, 1.807) is 0 Å². The predicted molar refractivity (Wildman–Crippen MR) is 63.2 cm³/mol. The van der Waals surface area contributed by atoms with E-state index in [0.717, 1.165) is 6.07 Å². The number of methoxy groups -OCH3 is 1. The van der Waals surface area contributed by atoms with Crippen molar-refractivity contribution < 1.29 is 31.8 Å². The molecule has 1 rings (SSSR count). The highest BCUT2D eigenvalue weighted by atomic mass is 19.4. The van der Waals surface area contributed by atoms with Crippen LogP contribution in [0.15, 0.2) is 18.2 Å². The van der Waals surface area contributed by atoms with E-state index >= 15 is 0 Å². The Hall–Kier alpha value is -1.63. The van der Waals surface area contributed by atoms with Crippen LogP contribution in [0.25, 0.3) is 0 Å². The molecular weight excluding hydrogens is 280 g/mol. The molecule has 0 radical (unpaired) electrons. The molecule has 0 aliphatic carbocycles. The number of ketones is 1. The van der Waals surface area contributed by atoms with Crippen LogP contribution >= 0.6 is 0 Å². The lowest BCUT2D eigenvalue weighted by Gasteiger charge is -2.07. The van der Waals surface area contributed by atoms with Crippen molar-refractivity contribution in [1.29, 1.82) is 0 Å². The first kappa shape index (κ1) is 16.4. The van der Waals surface area contributed by atoms with E-state index in [1.807, 2.05) is 0 Å². The van der Waals surface area contributed by atoms with Crippen LogP contribution in [0.2, 0.25) is 0 Å². The molecule has 0 saturated carbocycles. The Morgan fingerprint density at radius 2 is 2.00 bits per heavy atom. The number of carbonyl (C=O) groups excluding carboxylic acids is 1. The highest BCUT2D eigenvalue weighted by Crippen LogP contribution is 2.18. The van der Waals surface area contributed by atoms with Crippen LogP contribution in [0.3, 0.4) is 0 Å². The number of hydrogen-bond donors (Lipinski definition) is 0. The summed E-state index contributed by atoms with van der Waals surface area (Å²) in [6, 6.07) is 4.07. The smallest absolute Gasteiger partial charge is 0.411 e. The molecule has 0 aromatic heterocycles. The predicted octanol–water partition coefficient (Wildman–Crippen LogP) is 2.91. The summed E-state index contributed by atoms with van der Waals surface area (Å²) in [7, 11) is 1.32. The first-order valence-corrected chi connectivity index (χ1v) is 5.80. The Kier molecular flexibility index (Phi) is 5.94. The van der Waals surface area contributed by atoms with Gasteiger partial charge in [0, 0.05) is 12.8 Å². The average Bonchev–Trinajstić information content (AvgIpc) is 2.34. The van der Waals surface area contributed by atoms with Crippen LogP contribution in [0, 0.1) is 5.82 Å². The maximum Gasteiger partial charge on any atom is 0.411 e. The van der Waals surface area contributed by atoms with Gasteiger partial charge in [-0.25, -0.2) is 4.39 Å². The van der Waals surface area contributed by atoms with E-state index in [0.29, 0.717) is 5.56 Å². The third kappa shape index (κ3) is 6.01. The van der Waals surface area contributed by atoms with Crippen molar-refractivity contribution in [2.45, 2.75) is 19.0 Å².